The highest BCUT2D eigenvalue weighted by Gasteiger charge is 2.25. The third-order valence-electron chi connectivity index (χ3n) is 3.17. The lowest BCUT2D eigenvalue weighted by Gasteiger charge is -2.27. The molecule has 0 aliphatic heterocycles. The fraction of sp³-hybridized carbons (Fsp3) is 0.267. The third kappa shape index (κ3) is 2.58. The molecule has 4 N–H and O–H groups in total. The molecule has 0 heterocycles. The van der Waals surface area contributed by atoms with Gasteiger partial charge in [-0.3, -0.25) is 4.79 Å². The van der Waals surface area contributed by atoms with Gasteiger partial charge in [0.25, 0.3) is 0 Å². The Morgan fingerprint density at radius 1 is 1.28 bits per heavy atom. The van der Waals surface area contributed by atoms with E-state index in [4.69, 9.17) is 11.5 Å². The van der Waals surface area contributed by atoms with Crippen LogP contribution in [0.15, 0.2) is 53.6 Å². The van der Waals surface area contributed by atoms with E-state index in [9.17, 15) is 4.79 Å². The topological polar surface area (TPSA) is 69.1 Å². The zero-order valence-electron chi connectivity index (χ0n) is 10.5. The average molecular weight is 242 g/mol. The molecule has 0 spiro atoms. The van der Waals surface area contributed by atoms with E-state index in [-0.39, 0.29) is 5.78 Å². The van der Waals surface area contributed by atoms with E-state index in [2.05, 4.69) is 0 Å². The fourth-order valence-corrected chi connectivity index (χ4v) is 2.18. The van der Waals surface area contributed by atoms with E-state index >= 15 is 0 Å². The largest absolute Gasteiger partial charge is 0.310 e. The first-order valence-electron chi connectivity index (χ1n) is 6.12. The molecule has 1 aliphatic carbocycles. The summed E-state index contributed by atoms with van der Waals surface area (Å²) in [6, 6.07) is 9.27. The number of Topliss-reactive ketones (excluding diaryl/α,β-unsaturated/α-hetero) is 1. The van der Waals surface area contributed by atoms with Gasteiger partial charge in [-0.15, -0.1) is 0 Å². The van der Waals surface area contributed by atoms with Gasteiger partial charge >= 0.3 is 0 Å². The summed E-state index contributed by atoms with van der Waals surface area (Å²) in [5.41, 5.74) is 13.4. The Balaban J connectivity index is 2.36. The molecule has 0 fully saturated rings. The summed E-state index contributed by atoms with van der Waals surface area (Å²) in [6.07, 6.45) is 4.79. The molecule has 3 heteroatoms. The second-order valence-corrected chi connectivity index (χ2v) is 4.69. The molecule has 18 heavy (non-hydrogen) atoms. The molecular formula is C15H18N2O. The van der Waals surface area contributed by atoms with Gasteiger partial charge in [0.05, 0.1) is 5.66 Å². The first-order chi connectivity index (χ1) is 8.53. The number of allylic oxidation sites excluding steroid dienone is 2. The number of ketones is 1. The highest BCUT2D eigenvalue weighted by molar-refractivity contribution is 6.11. The van der Waals surface area contributed by atoms with Gasteiger partial charge in [-0.1, -0.05) is 48.9 Å². The van der Waals surface area contributed by atoms with Crippen molar-refractivity contribution in [3.8, 4) is 0 Å². The van der Waals surface area contributed by atoms with E-state index in [1.807, 2.05) is 37.3 Å². The maximum Gasteiger partial charge on any atom is 0.192 e. The Bertz CT molecular complexity index is 513. The molecule has 0 atom stereocenters. The normalized spacial score (nSPS) is 17.9. The second kappa shape index (κ2) is 4.88. The molecule has 0 aromatic heterocycles. The van der Waals surface area contributed by atoms with Crippen molar-refractivity contribution in [2.24, 2.45) is 11.5 Å². The van der Waals surface area contributed by atoms with Crippen LogP contribution in [0.1, 0.15) is 30.1 Å². The third-order valence-corrected chi connectivity index (χ3v) is 3.17. The van der Waals surface area contributed by atoms with E-state index in [1.54, 1.807) is 12.2 Å². The quantitative estimate of drug-likeness (QED) is 0.630. The van der Waals surface area contributed by atoms with Crippen molar-refractivity contribution in [2.75, 3.05) is 0 Å². The molecule has 0 bridgehead atoms. The fourth-order valence-electron chi connectivity index (χ4n) is 2.18. The van der Waals surface area contributed by atoms with Gasteiger partial charge in [-0.2, -0.15) is 0 Å². The molecule has 0 saturated heterocycles. The Morgan fingerprint density at radius 2 is 1.94 bits per heavy atom. The summed E-state index contributed by atoms with van der Waals surface area (Å²) in [4.78, 5) is 12.4. The van der Waals surface area contributed by atoms with Crippen LogP contribution >= 0.6 is 0 Å². The molecule has 1 aromatic carbocycles. The van der Waals surface area contributed by atoms with E-state index < -0.39 is 5.66 Å². The van der Waals surface area contributed by atoms with Crippen molar-refractivity contribution in [3.63, 3.8) is 0 Å². The van der Waals surface area contributed by atoms with E-state index in [0.29, 0.717) is 12.0 Å². The minimum Gasteiger partial charge on any atom is -0.310 e. The predicted molar refractivity (Wildman–Crippen MR) is 73.0 cm³/mol. The smallest absolute Gasteiger partial charge is 0.192 e. The SMILES string of the molecule is CCC1=C(C(=O)c2ccccc2)C=CC(N)(N)C1. The molecule has 0 radical (unpaired) electrons. The van der Waals surface area contributed by atoms with Gasteiger partial charge in [0.1, 0.15) is 0 Å². The lowest BCUT2D eigenvalue weighted by Crippen LogP contribution is -2.48. The highest BCUT2D eigenvalue weighted by atomic mass is 16.1. The van der Waals surface area contributed by atoms with Crippen molar-refractivity contribution < 1.29 is 4.79 Å². The lowest BCUT2D eigenvalue weighted by atomic mass is 9.86. The molecule has 0 amide bonds. The number of rotatable bonds is 3. The summed E-state index contributed by atoms with van der Waals surface area (Å²) in [6.45, 7) is 2.02. The van der Waals surface area contributed by atoms with Crippen LogP contribution in [0.4, 0.5) is 0 Å². The van der Waals surface area contributed by atoms with Crippen molar-refractivity contribution in [3.05, 3.63) is 59.2 Å². The minimum absolute atomic E-state index is 0.0409. The number of benzene rings is 1. The van der Waals surface area contributed by atoms with Gasteiger partial charge in [0.2, 0.25) is 0 Å². The van der Waals surface area contributed by atoms with Crippen molar-refractivity contribution in [1.29, 1.82) is 0 Å². The maximum atomic E-state index is 12.4. The highest BCUT2D eigenvalue weighted by Crippen LogP contribution is 2.27. The van der Waals surface area contributed by atoms with Gasteiger partial charge < -0.3 is 11.5 Å². The molecule has 3 nitrogen and oxygen atoms in total. The van der Waals surface area contributed by atoms with Crippen molar-refractivity contribution in [2.45, 2.75) is 25.4 Å². The molecule has 2 rings (SSSR count). The van der Waals surface area contributed by atoms with Crippen molar-refractivity contribution in [1.82, 2.24) is 0 Å². The standard InChI is InChI=1S/C15H18N2O/c1-2-11-10-15(16,17)9-8-13(11)14(18)12-6-4-3-5-7-12/h3-9H,2,10,16-17H2,1H3. The summed E-state index contributed by atoms with van der Waals surface area (Å²) < 4.78 is 0. The van der Waals surface area contributed by atoms with Gasteiger partial charge in [-0.05, 0) is 12.5 Å². The van der Waals surface area contributed by atoms with Crippen LogP contribution < -0.4 is 11.5 Å². The maximum absolute atomic E-state index is 12.4. The van der Waals surface area contributed by atoms with Crippen LogP contribution in [0.5, 0.6) is 0 Å². The van der Waals surface area contributed by atoms with E-state index in [0.717, 1.165) is 17.6 Å². The zero-order valence-corrected chi connectivity index (χ0v) is 10.5. The number of nitrogens with two attached hydrogens (primary N) is 2. The molecule has 0 unspecified atom stereocenters. The summed E-state index contributed by atoms with van der Waals surface area (Å²) >= 11 is 0. The second-order valence-electron chi connectivity index (χ2n) is 4.69. The molecular weight excluding hydrogens is 224 g/mol. The molecule has 94 valence electrons. The average Bonchev–Trinajstić information content (AvgIpc) is 2.38. The Labute approximate surface area is 107 Å². The zero-order chi connectivity index (χ0) is 13.2. The predicted octanol–water partition coefficient (Wildman–Crippen LogP) is 2.15. The summed E-state index contributed by atoms with van der Waals surface area (Å²) in [7, 11) is 0. The van der Waals surface area contributed by atoms with Gasteiger partial charge in [0, 0.05) is 17.6 Å². The van der Waals surface area contributed by atoms with Crippen LogP contribution in [0.3, 0.4) is 0 Å². The first-order valence-corrected chi connectivity index (χ1v) is 6.12. The van der Waals surface area contributed by atoms with Gasteiger partial charge in [-0.25, -0.2) is 0 Å². The lowest BCUT2D eigenvalue weighted by molar-refractivity contribution is 0.103. The van der Waals surface area contributed by atoms with Crippen LogP contribution in [0.2, 0.25) is 0 Å². The van der Waals surface area contributed by atoms with Gasteiger partial charge in [0.15, 0.2) is 5.78 Å². The first kappa shape index (κ1) is 12.7. The number of hydrogen-bond donors (Lipinski definition) is 2. The van der Waals surface area contributed by atoms with Crippen LogP contribution in [-0.2, 0) is 0 Å². The summed E-state index contributed by atoms with van der Waals surface area (Å²) in [5, 5.41) is 0. The van der Waals surface area contributed by atoms with Crippen LogP contribution in [-0.4, -0.2) is 11.4 Å². The van der Waals surface area contributed by atoms with Crippen LogP contribution in [0.25, 0.3) is 0 Å². The Hall–Kier alpha value is -1.71. The Morgan fingerprint density at radius 3 is 2.56 bits per heavy atom. The van der Waals surface area contributed by atoms with Crippen molar-refractivity contribution >= 4 is 5.78 Å². The van der Waals surface area contributed by atoms with Crippen LogP contribution in [0, 0.1) is 0 Å². The molecule has 0 saturated carbocycles. The Kier molecular flexibility index (Phi) is 3.45. The molecule has 1 aromatic rings. The monoisotopic (exact) mass is 242 g/mol. The number of hydrogen-bond acceptors (Lipinski definition) is 3. The number of carbonyl (C=O) groups is 1. The summed E-state index contributed by atoms with van der Waals surface area (Å²) in [5.74, 6) is 0.0409. The molecule has 1 aliphatic rings. The minimum atomic E-state index is -0.828. The van der Waals surface area contributed by atoms with E-state index in [1.165, 1.54) is 0 Å². The number of carbonyl (C=O) groups excluding carboxylic acids is 1.